The van der Waals surface area contributed by atoms with E-state index in [0.717, 1.165) is 22.4 Å². The highest BCUT2D eigenvalue weighted by Crippen LogP contribution is 2.38. The highest BCUT2D eigenvalue weighted by Gasteiger charge is 2.42. The van der Waals surface area contributed by atoms with Gasteiger partial charge in [-0.15, -0.1) is 0 Å². The van der Waals surface area contributed by atoms with Gasteiger partial charge in [0.05, 0.1) is 28.1 Å². The fraction of sp³-hybridized carbons (Fsp3) is 0.167. The van der Waals surface area contributed by atoms with E-state index in [1.54, 1.807) is 10.8 Å². The second-order valence-corrected chi connectivity index (χ2v) is 14.1. The van der Waals surface area contributed by atoms with Gasteiger partial charge in [-0.3, -0.25) is 9.69 Å². The lowest BCUT2D eigenvalue weighted by Crippen LogP contribution is -2.39. The monoisotopic (exact) mass is 621 g/mol. The van der Waals surface area contributed by atoms with Gasteiger partial charge < -0.3 is 4.74 Å². The number of hydrogen-bond acceptors (Lipinski definition) is 7. The van der Waals surface area contributed by atoms with E-state index in [-0.39, 0.29) is 17.4 Å². The summed E-state index contributed by atoms with van der Waals surface area (Å²) in [7, 11) is -3.17. The van der Waals surface area contributed by atoms with Crippen molar-refractivity contribution in [2.75, 3.05) is 11.5 Å². The molecule has 0 saturated carbocycles. The number of thioether (sulfide) groups is 1. The molecule has 2 saturated heterocycles. The number of amides is 1. The van der Waals surface area contributed by atoms with Crippen molar-refractivity contribution in [2.24, 2.45) is 0 Å². The van der Waals surface area contributed by atoms with E-state index in [4.69, 9.17) is 33.7 Å². The van der Waals surface area contributed by atoms with Crippen LogP contribution in [0.1, 0.15) is 17.5 Å². The Balaban J connectivity index is 1.33. The molecule has 11 heteroatoms. The topological polar surface area (TPSA) is 81.5 Å². The van der Waals surface area contributed by atoms with Gasteiger partial charge in [-0.1, -0.05) is 78.0 Å². The van der Waals surface area contributed by atoms with Crippen LogP contribution in [0.25, 0.3) is 23.0 Å². The number of ether oxygens (including phenoxy) is 1. The molecule has 6 rings (SSSR count). The Bertz CT molecular complexity index is 1770. The van der Waals surface area contributed by atoms with Crippen molar-refractivity contribution in [1.82, 2.24) is 14.7 Å². The molecule has 41 heavy (non-hydrogen) atoms. The van der Waals surface area contributed by atoms with Crippen molar-refractivity contribution in [3.63, 3.8) is 0 Å². The van der Waals surface area contributed by atoms with Crippen molar-refractivity contribution in [2.45, 2.75) is 19.1 Å². The lowest BCUT2D eigenvalue weighted by Gasteiger charge is -2.20. The summed E-state index contributed by atoms with van der Waals surface area (Å²) in [5.41, 5.74) is 4.07. The molecular formula is C30H24ClN3O4S3. The van der Waals surface area contributed by atoms with E-state index in [1.165, 1.54) is 16.7 Å². The van der Waals surface area contributed by atoms with Crippen molar-refractivity contribution < 1.29 is 17.9 Å². The highest BCUT2D eigenvalue weighted by molar-refractivity contribution is 8.26. The first-order chi connectivity index (χ1) is 19.8. The maximum atomic E-state index is 13.4. The molecule has 1 atom stereocenters. The first-order valence-corrected chi connectivity index (χ1v) is 16.3. The van der Waals surface area contributed by atoms with Crippen molar-refractivity contribution in [1.29, 1.82) is 0 Å². The lowest BCUT2D eigenvalue weighted by molar-refractivity contribution is -0.123. The first-order valence-electron chi connectivity index (χ1n) is 12.9. The number of aromatic nitrogens is 2. The van der Waals surface area contributed by atoms with Crippen LogP contribution < -0.4 is 4.74 Å². The summed E-state index contributed by atoms with van der Waals surface area (Å²) in [6, 6.07) is 24.4. The van der Waals surface area contributed by atoms with Crippen LogP contribution in [-0.4, -0.2) is 50.9 Å². The average molecular weight is 622 g/mol. The van der Waals surface area contributed by atoms with Gasteiger partial charge in [-0.05, 0) is 54.5 Å². The predicted molar refractivity (Wildman–Crippen MR) is 167 cm³/mol. The third-order valence-electron chi connectivity index (χ3n) is 6.87. The maximum Gasteiger partial charge on any atom is 0.266 e. The molecule has 1 amide bonds. The van der Waals surface area contributed by atoms with Gasteiger partial charge in [0.15, 0.2) is 9.84 Å². The Morgan fingerprint density at radius 2 is 1.85 bits per heavy atom. The molecule has 208 valence electrons. The van der Waals surface area contributed by atoms with Crippen LogP contribution in [0.3, 0.4) is 0 Å². The third-order valence-corrected chi connectivity index (χ3v) is 10.2. The van der Waals surface area contributed by atoms with Crippen LogP contribution in [0.2, 0.25) is 5.02 Å². The molecule has 0 bridgehead atoms. The van der Waals surface area contributed by atoms with E-state index < -0.39 is 15.9 Å². The summed E-state index contributed by atoms with van der Waals surface area (Å²) >= 11 is 12.7. The summed E-state index contributed by atoms with van der Waals surface area (Å²) in [5.74, 6) is 0.400. The number of carbonyl (C=O) groups excluding carboxylic acids is 1. The third kappa shape index (κ3) is 6.11. The second kappa shape index (κ2) is 11.4. The molecule has 0 aliphatic carbocycles. The number of sulfone groups is 1. The van der Waals surface area contributed by atoms with E-state index in [1.807, 2.05) is 85.1 Å². The molecule has 2 aliphatic heterocycles. The first kappa shape index (κ1) is 27.7. The van der Waals surface area contributed by atoms with E-state index in [9.17, 15) is 13.2 Å². The van der Waals surface area contributed by atoms with Gasteiger partial charge >= 0.3 is 0 Å². The summed E-state index contributed by atoms with van der Waals surface area (Å²) in [6.07, 6.45) is 4.05. The van der Waals surface area contributed by atoms with Gasteiger partial charge in [0, 0.05) is 22.3 Å². The lowest BCUT2D eigenvalue weighted by atomic mass is 10.1. The van der Waals surface area contributed by atoms with Gasteiger partial charge in [0.2, 0.25) is 0 Å². The van der Waals surface area contributed by atoms with Crippen molar-refractivity contribution in [3.8, 4) is 22.7 Å². The largest absolute Gasteiger partial charge is 0.489 e. The molecule has 3 heterocycles. The quantitative estimate of drug-likeness (QED) is 0.181. The Kier molecular flexibility index (Phi) is 7.74. The van der Waals surface area contributed by atoms with Gasteiger partial charge in [-0.25, -0.2) is 13.1 Å². The standard InChI is InChI=1S/C30H24ClN3O4S3/c31-23-11-9-20(10-12-23)18-38-26-8-4-5-21(15-26)28-22(17-33(32-28)24-6-2-1-3-7-24)16-27-29(35)34(30(39)40-27)25-13-14-41(36,37)19-25/h1-12,15-17,25H,13-14,18-19H2. The summed E-state index contributed by atoms with van der Waals surface area (Å²) < 4.78 is 32.3. The number of thiocarbonyl (C=S) groups is 1. The van der Waals surface area contributed by atoms with Gasteiger partial charge in [-0.2, -0.15) is 5.10 Å². The zero-order valence-corrected chi connectivity index (χ0v) is 24.8. The van der Waals surface area contributed by atoms with Crippen LogP contribution in [0.4, 0.5) is 0 Å². The number of nitrogens with zero attached hydrogens (tertiary/aromatic N) is 3. The van der Waals surface area contributed by atoms with Gasteiger partial charge in [0.25, 0.3) is 5.91 Å². The fourth-order valence-electron chi connectivity index (χ4n) is 4.83. The van der Waals surface area contributed by atoms with Crippen LogP contribution in [0, 0.1) is 0 Å². The zero-order valence-electron chi connectivity index (χ0n) is 21.6. The van der Waals surface area contributed by atoms with Crippen LogP contribution in [0.15, 0.2) is 90.0 Å². The van der Waals surface area contributed by atoms with Gasteiger partial charge in [0.1, 0.15) is 22.4 Å². The maximum absolute atomic E-state index is 13.4. The molecule has 1 aromatic heterocycles. The predicted octanol–water partition coefficient (Wildman–Crippen LogP) is 6.16. The average Bonchev–Trinajstić information content (AvgIpc) is 3.63. The van der Waals surface area contributed by atoms with E-state index in [2.05, 4.69) is 0 Å². The number of hydrogen-bond donors (Lipinski definition) is 0. The number of carbonyl (C=O) groups is 1. The molecule has 1 unspecified atom stereocenters. The zero-order chi connectivity index (χ0) is 28.6. The minimum atomic E-state index is -3.17. The Morgan fingerprint density at radius 1 is 1.07 bits per heavy atom. The number of para-hydroxylation sites is 1. The van der Waals surface area contributed by atoms with E-state index >= 15 is 0 Å². The highest BCUT2D eigenvalue weighted by atomic mass is 35.5. The Morgan fingerprint density at radius 3 is 2.59 bits per heavy atom. The number of rotatable bonds is 7. The normalized spacial score (nSPS) is 19.3. The van der Waals surface area contributed by atoms with Crippen LogP contribution in [0.5, 0.6) is 5.75 Å². The minimum Gasteiger partial charge on any atom is -0.489 e. The molecule has 7 nitrogen and oxygen atoms in total. The molecule has 0 spiro atoms. The van der Waals surface area contributed by atoms with Crippen molar-refractivity contribution in [3.05, 3.63) is 106 Å². The summed E-state index contributed by atoms with van der Waals surface area (Å²) in [4.78, 5) is 15.3. The summed E-state index contributed by atoms with van der Waals surface area (Å²) in [6.45, 7) is 0.380. The molecule has 4 aromatic rings. The van der Waals surface area contributed by atoms with E-state index in [0.29, 0.717) is 38.7 Å². The summed E-state index contributed by atoms with van der Waals surface area (Å²) in [5, 5.41) is 5.55. The molecule has 3 aromatic carbocycles. The van der Waals surface area contributed by atoms with Crippen molar-refractivity contribution >= 4 is 61.7 Å². The number of benzene rings is 3. The Hall–Kier alpha value is -3.44. The molecule has 2 fully saturated rings. The molecule has 0 radical (unpaired) electrons. The smallest absolute Gasteiger partial charge is 0.266 e. The fourth-order valence-corrected chi connectivity index (χ4v) is 8.04. The molecule has 2 aliphatic rings. The van der Waals surface area contributed by atoms with Crippen LogP contribution in [-0.2, 0) is 21.2 Å². The molecule has 0 N–H and O–H groups in total. The minimum absolute atomic E-state index is 0.0628. The number of halogens is 1. The SMILES string of the molecule is O=C1C(=Cc2cn(-c3ccccc3)nc2-c2cccc(OCc3ccc(Cl)cc3)c2)SC(=S)N1C1CCS(=O)(=O)C1. The second-order valence-electron chi connectivity index (χ2n) is 9.76. The Labute approximate surface area is 252 Å². The van der Waals surface area contributed by atoms with Crippen LogP contribution >= 0.6 is 35.6 Å². The molecular weight excluding hydrogens is 598 g/mol.